The molecule has 1 nitrogen and oxygen atoms in total. The first kappa shape index (κ1) is 30.2. The Morgan fingerprint density at radius 3 is 1.75 bits per heavy atom. The van der Waals surface area contributed by atoms with E-state index >= 15 is 0 Å². The highest BCUT2D eigenvalue weighted by molar-refractivity contribution is 5.92. The van der Waals surface area contributed by atoms with Crippen molar-refractivity contribution in [2.45, 2.75) is 44.9 Å². The maximum absolute atomic E-state index is 2.53. The second-order valence-electron chi connectivity index (χ2n) is 15.7. The average molecular weight is 656 g/mol. The van der Waals surface area contributed by atoms with E-state index in [1.165, 1.54) is 78.0 Å². The molecule has 6 aromatic carbocycles. The number of hydrogen-bond donors (Lipinski definition) is 0. The zero-order chi connectivity index (χ0) is 34.5. The smallest absolute Gasteiger partial charge is 0.0465 e. The molecule has 0 fully saturated rings. The first-order valence-corrected chi connectivity index (χ1v) is 18.4. The molecule has 0 aliphatic heterocycles. The van der Waals surface area contributed by atoms with E-state index in [4.69, 9.17) is 0 Å². The van der Waals surface area contributed by atoms with Crippen LogP contribution in [0.2, 0.25) is 0 Å². The van der Waals surface area contributed by atoms with Gasteiger partial charge in [-0.2, -0.15) is 0 Å². The lowest BCUT2D eigenvalue weighted by Gasteiger charge is -2.28. The van der Waals surface area contributed by atoms with Crippen LogP contribution in [0.3, 0.4) is 0 Å². The lowest BCUT2D eigenvalue weighted by Crippen LogP contribution is -2.17. The molecule has 10 rings (SSSR count). The van der Waals surface area contributed by atoms with Crippen LogP contribution in [-0.4, -0.2) is 0 Å². The molecule has 6 aromatic rings. The van der Waals surface area contributed by atoms with Crippen LogP contribution in [-0.2, 0) is 10.8 Å². The molecule has 0 saturated heterocycles. The van der Waals surface area contributed by atoms with Crippen LogP contribution in [0.5, 0.6) is 0 Å². The Labute approximate surface area is 301 Å². The molecule has 0 aromatic heterocycles. The van der Waals surface area contributed by atoms with Gasteiger partial charge in [0.05, 0.1) is 0 Å². The second kappa shape index (κ2) is 10.9. The van der Waals surface area contributed by atoms with E-state index in [1.54, 1.807) is 0 Å². The van der Waals surface area contributed by atoms with Gasteiger partial charge in [-0.25, -0.2) is 0 Å². The number of anilines is 3. The van der Waals surface area contributed by atoms with Crippen LogP contribution in [0.15, 0.2) is 152 Å². The number of hydrogen-bond acceptors (Lipinski definition) is 1. The van der Waals surface area contributed by atoms with Gasteiger partial charge in [0.15, 0.2) is 0 Å². The molecule has 1 unspecified atom stereocenters. The number of rotatable bonds is 4. The molecule has 51 heavy (non-hydrogen) atoms. The summed E-state index contributed by atoms with van der Waals surface area (Å²) < 4.78 is 0. The van der Waals surface area contributed by atoms with Gasteiger partial charge in [0.1, 0.15) is 0 Å². The van der Waals surface area contributed by atoms with Crippen molar-refractivity contribution >= 4 is 28.7 Å². The average Bonchev–Trinajstić information content (AvgIpc) is 3.53. The maximum Gasteiger partial charge on any atom is 0.0465 e. The molecule has 0 heterocycles. The van der Waals surface area contributed by atoms with Gasteiger partial charge in [-0.3, -0.25) is 0 Å². The van der Waals surface area contributed by atoms with Crippen molar-refractivity contribution < 1.29 is 0 Å². The standard InChI is InChI=1S/C50H41N/c1-49(2)45-28-35(34-22-21-33-20-19-32-13-11-12-18-39(32)42(33)27-34)23-25-40(45)43-30-48-44(31-47(43)49)41-26-24-38(29-46(41)50(48,3)4)51(36-14-7-5-8-15-36)37-16-9-6-10-17-37/h5-12,14-32H,13H2,1-4H3. The van der Waals surface area contributed by atoms with Gasteiger partial charge < -0.3 is 4.90 Å². The summed E-state index contributed by atoms with van der Waals surface area (Å²) in [5.74, 6) is 0.487. The minimum Gasteiger partial charge on any atom is -0.310 e. The van der Waals surface area contributed by atoms with Gasteiger partial charge in [-0.15, -0.1) is 0 Å². The van der Waals surface area contributed by atoms with E-state index in [1.807, 2.05) is 0 Å². The van der Waals surface area contributed by atoms with Gasteiger partial charge in [-0.1, -0.05) is 125 Å². The van der Waals surface area contributed by atoms with E-state index in [0.717, 1.165) is 17.8 Å². The summed E-state index contributed by atoms with van der Waals surface area (Å²) in [4.78, 5) is 2.37. The van der Waals surface area contributed by atoms with Crippen LogP contribution in [0.1, 0.15) is 67.5 Å². The molecule has 0 N–H and O–H groups in total. The SMILES string of the molecule is CC1(C)c2cc(-c3ccc4c(c3)C3=CC=CCC3C=C4)ccc2-c2cc3c(cc21)-c1ccc(N(c2ccccc2)c2ccccc2)cc1C3(C)C. The van der Waals surface area contributed by atoms with Crippen molar-refractivity contribution in [2.24, 2.45) is 5.92 Å². The summed E-state index contributed by atoms with van der Waals surface area (Å²) in [5, 5.41) is 0. The van der Waals surface area contributed by atoms with Crippen LogP contribution in [0.4, 0.5) is 17.1 Å². The summed E-state index contributed by atoms with van der Waals surface area (Å²) in [7, 11) is 0. The molecular weight excluding hydrogens is 615 g/mol. The molecule has 0 radical (unpaired) electrons. The van der Waals surface area contributed by atoms with E-state index < -0.39 is 0 Å². The number of para-hydroxylation sites is 2. The summed E-state index contributed by atoms with van der Waals surface area (Å²) in [6.07, 6.45) is 12.6. The molecular formula is C50H41N. The number of nitrogens with zero attached hydrogens (tertiary/aromatic N) is 1. The summed E-state index contributed by atoms with van der Waals surface area (Å²) in [5.41, 5.74) is 21.1. The Morgan fingerprint density at radius 1 is 0.510 bits per heavy atom. The van der Waals surface area contributed by atoms with Crippen LogP contribution in [0.25, 0.3) is 45.0 Å². The summed E-state index contributed by atoms with van der Waals surface area (Å²) in [6.45, 7) is 9.63. The minimum absolute atomic E-state index is 0.112. The van der Waals surface area contributed by atoms with Gasteiger partial charge in [0.25, 0.3) is 0 Å². The van der Waals surface area contributed by atoms with E-state index in [-0.39, 0.29) is 10.8 Å². The third-order valence-electron chi connectivity index (χ3n) is 12.1. The Balaban J connectivity index is 1.05. The molecule has 4 aliphatic carbocycles. The molecule has 0 saturated carbocycles. The van der Waals surface area contributed by atoms with Crippen LogP contribution in [0, 0.1) is 5.92 Å². The fourth-order valence-electron chi connectivity index (χ4n) is 9.34. The van der Waals surface area contributed by atoms with Crippen LogP contribution >= 0.6 is 0 Å². The fraction of sp³-hybridized carbons (Fsp3) is 0.160. The lowest BCUT2D eigenvalue weighted by atomic mass is 9.78. The fourth-order valence-corrected chi connectivity index (χ4v) is 9.34. The Kier molecular flexibility index (Phi) is 6.46. The predicted octanol–water partition coefficient (Wildman–Crippen LogP) is 13.4. The van der Waals surface area contributed by atoms with Crippen molar-refractivity contribution in [1.82, 2.24) is 0 Å². The van der Waals surface area contributed by atoms with E-state index in [0.29, 0.717) is 5.92 Å². The second-order valence-corrected chi connectivity index (χ2v) is 15.7. The third kappa shape index (κ3) is 4.47. The first-order chi connectivity index (χ1) is 24.8. The lowest BCUT2D eigenvalue weighted by molar-refractivity contribution is 0.652. The van der Waals surface area contributed by atoms with E-state index in [9.17, 15) is 0 Å². The third-order valence-corrected chi connectivity index (χ3v) is 12.1. The van der Waals surface area contributed by atoms with Gasteiger partial charge in [-0.05, 0) is 139 Å². The number of fused-ring (bicyclic) bond motifs is 9. The molecule has 1 atom stereocenters. The van der Waals surface area contributed by atoms with Gasteiger partial charge >= 0.3 is 0 Å². The molecule has 4 aliphatic rings. The molecule has 0 bridgehead atoms. The Hall–Kier alpha value is -5.66. The minimum atomic E-state index is -0.139. The Morgan fingerprint density at radius 2 is 1.08 bits per heavy atom. The van der Waals surface area contributed by atoms with Gasteiger partial charge in [0, 0.05) is 33.8 Å². The normalized spacial score (nSPS) is 17.8. The predicted molar refractivity (Wildman–Crippen MR) is 216 cm³/mol. The van der Waals surface area contributed by atoms with Crippen molar-refractivity contribution in [3.63, 3.8) is 0 Å². The number of benzene rings is 6. The molecule has 0 spiro atoms. The zero-order valence-electron chi connectivity index (χ0n) is 29.7. The Bertz CT molecular complexity index is 2450. The van der Waals surface area contributed by atoms with Crippen molar-refractivity contribution in [1.29, 1.82) is 0 Å². The summed E-state index contributed by atoms with van der Waals surface area (Å²) >= 11 is 0. The highest BCUT2D eigenvalue weighted by Gasteiger charge is 2.42. The highest BCUT2D eigenvalue weighted by atomic mass is 15.1. The van der Waals surface area contributed by atoms with E-state index in [2.05, 4.69) is 190 Å². The first-order valence-electron chi connectivity index (χ1n) is 18.4. The highest BCUT2D eigenvalue weighted by Crippen LogP contribution is 2.57. The quantitative estimate of drug-likeness (QED) is 0.183. The van der Waals surface area contributed by atoms with Crippen molar-refractivity contribution in [2.75, 3.05) is 4.90 Å². The monoisotopic (exact) mass is 655 g/mol. The van der Waals surface area contributed by atoms with Crippen molar-refractivity contribution in [3.05, 3.63) is 185 Å². The number of allylic oxidation sites excluding steroid dienone is 5. The molecule has 1 heteroatoms. The van der Waals surface area contributed by atoms with Crippen LogP contribution < -0.4 is 4.90 Å². The topological polar surface area (TPSA) is 3.24 Å². The van der Waals surface area contributed by atoms with Crippen molar-refractivity contribution in [3.8, 4) is 33.4 Å². The summed E-state index contributed by atoms with van der Waals surface area (Å²) in [6, 6.07) is 47.8. The molecule has 246 valence electrons. The maximum atomic E-state index is 2.53. The zero-order valence-corrected chi connectivity index (χ0v) is 29.7. The van der Waals surface area contributed by atoms with Gasteiger partial charge in [0.2, 0.25) is 0 Å². The molecule has 0 amide bonds. The largest absolute Gasteiger partial charge is 0.310 e.